The third-order valence-corrected chi connectivity index (χ3v) is 2.96. The van der Waals surface area contributed by atoms with E-state index in [1.54, 1.807) is 0 Å². The number of aliphatic hydroxyl groups excluding tert-OH is 3. The Bertz CT molecular complexity index is 524. The zero-order valence-electron chi connectivity index (χ0n) is 9.37. The molecule has 1 fully saturated rings. The third-order valence-electron chi connectivity index (χ3n) is 2.96. The molecule has 100 valence electrons. The SMILES string of the molecule is O=c1[nH]cc(C[C@H]2O[C@H](CO)[C@@H](O)[C@@H]2O)c(=O)[nH]1. The van der Waals surface area contributed by atoms with E-state index in [9.17, 15) is 19.8 Å². The first-order chi connectivity index (χ1) is 8.52. The molecule has 0 unspecified atom stereocenters. The maximum Gasteiger partial charge on any atom is 0.325 e. The van der Waals surface area contributed by atoms with Gasteiger partial charge >= 0.3 is 5.69 Å². The Balaban J connectivity index is 2.15. The predicted molar refractivity (Wildman–Crippen MR) is 59.1 cm³/mol. The van der Waals surface area contributed by atoms with Gasteiger partial charge in [0.25, 0.3) is 5.56 Å². The number of nitrogens with one attached hydrogen (secondary N) is 2. The Kier molecular flexibility index (Phi) is 3.62. The van der Waals surface area contributed by atoms with Gasteiger partial charge in [-0.05, 0) is 0 Å². The second-order valence-electron chi connectivity index (χ2n) is 4.18. The van der Waals surface area contributed by atoms with Crippen molar-refractivity contribution in [2.45, 2.75) is 30.8 Å². The van der Waals surface area contributed by atoms with Crippen molar-refractivity contribution in [3.8, 4) is 0 Å². The normalized spacial score (nSPS) is 31.7. The largest absolute Gasteiger partial charge is 0.394 e. The van der Waals surface area contributed by atoms with Gasteiger partial charge in [0.15, 0.2) is 0 Å². The van der Waals surface area contributed by atoms with E-state index in [1.165, 1.54) is 6.20 Å². The topological polar surface area (TPSA) is 136 Å². The fourth-order valence-electron chi connectivity index (χ4n) is 1.95. The highest BCUT2D eigenvalue weighted by molar-refractivity contribution is 5.07. The molecule has 0 aromatic carbocycles. The van der Waals surface area contributed by atoms with E-state index in [2.05, 4.69) is 4.98 Å². The second-order valence-corrected chi connectivity index (χ2v) is 4.18. The summed E-state index contributed by atoms with van der Waals surface area (Å²) in [5.74, 6) is 0. The van der Waals surface area contributed by atoms with Crippen LogP contribution in [0.25, 0.3) is 0 Å². The molecule has 5 N–H and O–H groups in total. The van der Waals surface area contributed by atoms with Gasteiger partial charge in [-0.2, -0.15) is 0 Å². The maximum atomic E-state index is 11.4. The van der Waals surface area contributed by atoms with Gasteiger partial charge in [0, 0.05) is 18.2 Å². The lowest BCUT2D eigenvalue weighted by molar-refractivity contribution is -0.0216. The van der Waals surface area contributed by atoms with Gasteiger partial charge in [-0.15, -0.1) is 0 Å². The van der Waals surface area contributed by atoms with Gasteiger partial charge in [-0.25, -0.2) is 4.79 Å². The van der Waals surface area contributed by atoms with Crippen LogP contribution in [0.2, 0.25) is 0 Å². The fraction of sp³-hybridized carbons (Fsp3) is 0.600. The molecule has 0 bridgehead atoms. The molecule has 0 aliphatic carbocycles. The average Bonchev–Trinajstić information content (AvgIpc) is 2.60. The van der Waals surface area contributed by atoms with Gasteiger partial charge in [0.05, 0.1) is 12.7 Å². The Hall–Kier alpha value is -1.48. The van der Waals surface area contributed by atoms with Gasteiger partial charge in [0.2, 0.25) is 0 Å². The lowest BCUT2D eigenvalue weighted by Gasteiger charge is -2.13. The zero-order chi connectivity index (χ0) is 13.3. The molecule has 8 nitrogen and oxygen atoms in total. The van der Waals surface area contributed by atoms with Crippen molar-refractivity contribution >= 4 is 0 Å². The molecule has 1 aromatic heterocycles. The lowest BCUT2D eigenvalue weighted by Crippen LogP contribution is -2.35. The number of H-pyrrole nitrogens is 2. The molecular weight excluding hydrogens is 244 g/mol. The van der Waals surface area contributed by atoms with Crippen LogP contribution in [0.15, 0.2) is 15.8 Å². The first kappa shape index (κ1) is 13.0. The average molecular weight is 258 g/mol. The summed E-state index contributed by atoms with van der Waals surface area (Å²) in [7, 11) is 0. The maximum absolute atomic E-state index is 11.4. The molecule has 1 aliphatic rings. The molecule has 0 radical (unpaired) electrons. The van der Waals surface area contributed by atoms with Crippen molar-refractivity contribution in [1.29, 1.82) is 0 Å². The molecule has 0 spiro atoms. The summed E-state index contributed by atoms with van der Waals surface area (Å²) in [6, 6.07) is 0. The number of aromatic nitrogens is 2. The van der Waals surface area contributed by atoms with Crippen molar-refractivity contribution < 1.29 is 20.1 Å². The number of hydrogen-bond acceptors (Lipinski definition) is 6. The summed E-state index contributed by atoms with van der Waals surface area (Å²) >= 11 is 0. The summed E-state index contributed by atoms with van der Waals surface area (Å²) in [6.45, 7) is -0.420. The van der Waals surface area contributed by atoms with Crippen LogP contribution >= 0.6 is 0 Å². The van der Waals surface area contributed by atoms with Crippen LogP contribution in [0.4, 0.5) is 0 Å². The van der Waals surface area contributed by atoms with E-state index in [1.807, 2.05) is 4.98 Å². The molecule has 0 amide bonds. The molecule has 2 rings (SSSR count). The smallest absolute Gasteiger partial charge is 0.325 e. The van der Waals surface area contributed by atoms with Gasteiger partial charge in [0.1, 0.15) is 18.3 Å². The van der Waals surface area contributed by atoms with Crippen LogP contribution in [0, 0.1) is 0 Å². The standard InChI is InChI=1S/C10H14N2O6/c13-3-6-8(15)7(14)5(18-6)1-4-2-11-10(17)12-9(4)16/h2,5-8,13-15H,1,3H2,(H2,11,12,16,17)/t5-,6-,7-,8-/m1/s1. The van der Waals surface area contributed by atoms with Crippen molar-refractivity contribution in [3.05, 3.63) is 32.6 Å². The van der Waals surface area contributed by atoms with E-state index in [-0.39, 0.29) is 12.0 Å². The Morgan fingerprint density at radius 3 is 2.44 bits per heavy atom. The van der Waals surface area contributed by atoms with E-state index in [0.29, 0.717) is 0 Å². The molecule has 18 heavy (non-hydrogen) atoms. The minimum atomic E-state index is -1.19. The Labute approximate surface area is 101 Å². The minimum Gasteiger partial charge on any atom is -0.394 e. The van der Waals surface area contributed by atoms with Gasteiger partial charge < -0.3 is 25.0 Å². The van der Waals surface area contributed by atoms with Crippen LogP contribution in [0.3, 0.4) is 0 Å². The molecule has 1 saturated heterocycles. The zero-order valence-corrected chi connectivity index (χ0v) is 9.37. The Morgan fingerprint density at radius 1 is 1.22 bits per heavy atom. The van der Waals surface area contributed by atoms with Crippen molar-refractivity contribution in [2.24, 2.45) is 0 Å². The van der Waals surface area contributed by atoms with E-state index in [0.717, 1.165) is 0 Å². The first-order valence-electron chi connectivity index (χ1n) is 5.46. The van der Waals surface area contributed by atoms with Crippen LogP contribution in [0.5, 0.6) is 0 Å². The van der Waals surface area contributed by atoms with Gasteiger partial charge in [-0.3, -0.25) is 9.78 Å². The number of aliphatic hydroxyl groups is 3. The predicted octanol–water partition coefficient (Wildman–Crippen LogP) is -2.91. The Morgan fingerprint density at radius 2 is 1.89 bits per heavy atom. The van der Waals surface area contributed by atoms with Crippen LogP contribution < -0.4 is 11.2 Å². The lowest BCUT2D eigenvalue weighted by atomic mass is 10.0. The van der Waals surface area contributed by atoms with Crippen LogP contribution in [-0.2, 0) is 11.2 Å². The molecule has 8 heteroatoms. The van der Waals surface area contributed by atoms with E-state index < -0.39 is 42.3 Å². The first-order valence-corrected chi connectivity index (χ1v) is 5.46. The number of rotatable bonds is 3. The summed E-state index contributed by atoms with van der Waals surface area (Å²) in [5.41, 5.74) is -0.967. The summed E-state index contributed by atoms with van der Waals surface area (Å²) in [6.07, 6.45) is -2.79. The molecule has 4 atom stereocenters. The molecule has 1 aromatic rings. The highest BCUT2D eigenvalue weighted by Gasteiger charge is 2.42. The number of hydrogen-bond donors (Lipinski definition) is 5. The number of ether oxygens (including phenoxy) is 1. The summed E-state index contributed by atoms with van der Waals surface area (Å²) in [4.78, 5) is 26.6. The highest BCUT2D eigenvalue weighted by atomic mass is 16.6. The molecule has 2 heterocycles. The number of aromatic amines is 2. The second kappa shape index (κ2) is 5.02. The van der Waals surface area contributed by atoms with E-state index in [4.69, 9.17) is 9.84 Å². The van der Waals surface area contributed by atoms with E-state index >= 15 is 0 Å². The quantitative estimate of drug-likeness (QED) is 0.394. The van der Waals surface area contributed by atoms with Gasteiger partial charge in [-0.1, -0.05) is 0 Å². The van der Waals surface area contributed by atoms with Crippen LogP contribution in [0.1, 0.15) is 5.56 Å². The van der Waals surface area contributed by atoms with Crippen molar-refractivity contribution in [2.75, 3.05) is 6.61 Å². The molecular formula is C10H14N2O6. The molecule has 1 aliphatic heterocycles. The fourth-order valence-corrected chi connectivity index (χ4v) is 1.95. The highest BCUT2D eigenvalue weighted by Crippen LogP contribution is 2.22. The summed E-state index contributed by atoms with van der Waals surface area (Å²) in [5, 5.41) is 28.2. The minimum absolute atomic E-state index is 0.0286. The summed E-state index contributed by atoms with van der Waals surface area (Å²) < 4.78 is 5.23. The van der Waals surface area contributed by atoms with Crippen molar-refractivity contribution in [1.82, 2.24) is 9.97 Å². The van der Waals surface area contributed by atoms with Crippen LogP contribution in [-0.4, -0.2) is 56.3 Å². The monoisotopic (exact) mass is 258 g/mol. The molecule has 0 saturated carbocycles. The third kappa shape index (κ3) is 2.36. The van der Waals surface area contributed by atoms with Crippen molar-refractivity contribution in [3.63, 3.8) is 0 Å².